The predicted octanol–water partition coefficient (Wildman–Crippen LogP) is 4.00. The molecule has 7 nitrogen and oxygen atoms in total. The SMILES string of the molecule is COc1cc2c(c(OC)c1OC)-c1c(cc3c(c1OC)OCO3)[C@@H]1OC[C@H](C2)[C@H]1C. The van der Waals surface area contributed by atoms with Gasteiger partial charge in [0.05, 0.1) is 41.2 Å². The van der Waals surface area contributed by atoms with Gasteiger partial charge in [-0.25, -0.2) is 0 Å². The zero-order valence-corrected chi connectivity index (χ0v) is 17.9. The molecule has 0 saturated carbocycles. The van der Waals surface area contributed by atoms with Crippen LogP contribution in [0, 0.1) is 11.8 Å². The Labute approximate surface area is 175 Å². The van der Waals surface area contributed by atoms with Gasteiger partial charge < -0.3 is 33.2 Å². The van der Waals surface area contributed by atoms with Crippen LogP contribution < -0.4 is 28.4 Å². The lowest BCUT2D eigenvalue weighted by molar-refractivity contribution is 0.0937. The van der Waals surface area contributed by atoms with Crippen LogP contribution in [0.15, 0.2) is 12.1 Å². The van der Waals surface area contributed by atoms with Gasteiger partial charge in [-0.15, -0.1) is 0 Å². The van der Waals surface area contributed by atoms with Crippen molar-refractivity contribution in [1.29, 1.82) is 0 Å². The monoisotopic (exact) mass is 414 g/mol. The summed E-state index contributed by atoms with van der Waals surface area (Å²) in [5.41, 5.74) is 3.93. The van der Waals surface area contributed by atoms with Gasteiger partial charge in [0.2, 0.25) is 18.3 Å². The number of methoxy groups -OCH3 is 4. The van der Waals surface area contributed by atoms with Crippen molar-refractivity contribution in [3.05, 3.63) is 23.3 Å². The highest BCUT2D eigenvalue weighted by molar-refractivity contribution is 5.89. The number of benzene rings is 2. The fourth-order valence-electron chi connectivity index (χ4n) is 5.03. The second-order valence-corrected chi connectivity index (χ2v) is 7.86. The van der Waals surface area contributed by atoms with Crippen LogP contribution in [0.5, 0.6) is 34.5 Å². The fourth-order valence-corrected chi connectivity index (χ4v) is 5.03. The van der Waals surface area contributed by atoms with Gasteiger partial charge in [0.1, 0.15) is 0 Å². The number of fused-ring (bicyclic) bond motifs is 7. The van der Waals surface area contributed by atoms with Crippen LogP contribution in [-0.2, 0) is 11.2 Å². The lowest BCUT2D eigenvalue weighted by Crippen LogP contribution is -2.18. The van der Waals surface area contributed by atoms with Gasteiger partial charge in [0.15, 0.2) is 23.0 Å². The molecule has 30 heavy (non-hydrogen) atoms. The molecule has 5 rings (SSSR count). The summed E-state index contributed by atoms with van der Waals surface area (Å²) in [4.78, 5) is 0. The van der Waals surface area contributed by atoms with Crippen molar-refractivity contribution in [1.82, 2.24) is 0 Å². The third kappa shape index (κ3) is 2.54. The second-order valence-electron chi connectivity index (χ2n) is 7.86. The highest BCUT2D eigenvalue weighted by Crippen LogP contribution is 2.59. The summed E-state index contributed by atoms with van der Waals surface area (Å²) in [6.07, 6.45) is 0.764. The topological polar surface area (TPSA) is 64.6 Å². The van der Waals surface area contributed by atoms with Crippen LogP contribution in [0.1, 0.15) is 24.2 Å². The highest BCUT2D eigenvalue weighted by atomic mass is 16.7. The van der Waals surface area contributed by atoms with Crippen LogP contribution in [0.3, 0.4) is 0 Å². The Morgan fingerprint density at radius 2 is 1.63 bits per heavy atom. The van der Waals surface area contributed by atoms with Crippen LogP contribution >= 0.6 is 0 Å². The van der Waals surface area contributed by atoms with Crippen LogP contribution in [0.4, 0.5) is 0 Å². The summed E-state index contributed by atoms with van der Waals surface area (Å²) >= 11 is 0. The first-order valence-corrected chi connectivity index (χ1v) is 10.1. The molecule has 0 radical (unpaired) electrons. The zero-order chi connectivity index (χ0) is 21.0. The largest absolute Gasteiger partial charge is 0.493 e. The molecule has 0 N–H and O–H groups in total. The molecule has 2 heterocycles. The maximum absolute atomic E-state index is 6.30. The molecular weight excluding hydrogens is 388 g/mol. The Kier molecular flexibility index (Phi) is 4.58. The number of hydrogen-bond donors (Lipinski definition) is 0. The summed E-state index contributed by atoms with van der Waals surface area (Å²) in [5.74, 6) is 4.40. The van der Waals surface area contributed by atoms with Crippen molar-refractivity contribution in [2.75, 3.05) is 41.8 Å². The highest BCUT2D eigenvalue weighted by Gasteiger charge is 2.43. The maximum Gasteiger partial charge on any atom is 0.231 e. The maximum atomic E-state index is 6.30. The van der Waals surface area contributed by atoms with Crippen LogP contribution in [-0.4, -0.2) is 41.8 Å². The van der Waals surface area contributed by atoms with E-state index in [1.807, 2.05) is 12.1 Å². The van der Waals surface area contributed by atoms with Gasteiger partial charge >= 0.3 is 0 Å². The third-order valence-corrected chi connectivity index (χ3v) is 6.52. The molecule has 3 aliphatic rings. The lowest BCUT2D eigenvalue weighted by atomic mass is 9.77. The molecule has 3 atom stereocenters. The summed E-state index contributed by atoms with van der Waals surface area (Å²) in [6.45, 7) is 3.10. The molecular formula is C23H26O7. The quantitative estimate of drug-likeness (QED) is 0.749. The molecule has 0 spiro atoms. The average Bonchev–Trinajstić information content (AvgIpc) is 3.38. The summed E-state index contributed by atoms with van der Waals surface area (Å²) in [5, 5.41) is 0. The first-order valence-electron chi connectivity index (χ1n) is 10.1. The Bertz CT molecular complexity index is 1000. The first kappa shape index (κ1) is 19.2. The van der Waals surface area contributed by atoms with E-state index in [0.717, 1.165) is 28.7 Å². The van der Waals surface area contributed by atoms with Crippen molar-refractivity contribution in [3.63, 3.8) is 0 Å². The minimum Gasteiger partial charge on any atom is -0.493 e. The van der Waals surface area contributed by atoms with Gasteiger partial charge in [-0.1, -0.05) is 6.92 Å². The van der Waals surface area contributed by atoms with E-state index < -0.39 is 0 Å². The molecule has 160 valence electrons. The van der Waals surface area contributed by atoms with Gasteiger partial charge in [-0.05, 0) is 41.5 Å². The molecule has 0 aromatic heterocycles. The molecule has 2 aromatic carbocycles. The van der Waals surface area contributed by atoms with Crippen molar-refractivity contribution in [2.45, 2.75) is 19.4 Å². The van der Waals surface area contributed by atoms with Crippen molar-refractivity contribution < 1.29 is 33.2 Å². The first-order chi connectivity index (χ1) is 14.6. The van der Waals surface area contributed by atoms with E-state index in [0.29, 0.717) is 52.9 Å². The smallest absolute Gasteiger partial charge is 0.231 e. The van der Waals surface area contributed by atoms with E-state index in [2.05, 4.69) is 6.92 Å². The minimum atomic E-state index is -0.0700. The molecule has 0 amide bonds. The van der Waals surface area contributed by atoms with E-state index in [1.54, 1.807) is 28.4 Å². The Balaban J connectivity index is 1.92. The Hall–Kier alpha value is -2.80. The van der Waals surface area contributed by atoms with Crippen molar-refractivity contribution in [3.8, 4) is 45.6 Å². The summed E-state index contributed by atoms with van der Waals surface area (Å²) in [6, 6.07) is 4.06. The van der Waals surface area contributed by atoms with E-state index >= 15 is 0 Å². The molecule has 7 heteroatoms. The Morgan fingerprint density at radius 1 is 0.867 bits per heavy atom. The lowest BCUT2D eigenvalue weighted by Gasteiger charge is -2.29. The van der Waals surface area contributed by atoms with Gasteiger partial charge in [0.25, 0.3) is 0 Å². The molecule has 1 fully saturated rings. The van der Waals surface area contributed by atoms with E-state index in [-0.39, 0.29) is 12.9 Å². The second kappa shape index (κ2) is 7.16. The van der Waals surface area contributed by atoms with Gasteiger partial charge in [-0.3, -0.25) is 0 Å². The van der Waals surface area contributed by atoms with Gasteiger partial charge in [0, 0.05) is 11.1 Å². The molecule has 2 aromatic rings. The van der Waals surface area contributed by atoms with Crippen LogP contribution in [0.25, 0.3) is 11.1 Å². The number of hydrogen-bond acceptors (Lipinski definition) is 7. The predicted molar refractivity (Wildman–Crippen MR) is 109 cm³/mol. The fraction of sp³-hybridized carbons (Fsp3) is 0.478. The number of ether oxygens (including phenoxy) is 7. The van der Waals surface area contributed by atoms with E-state index in [1.165, 1.54) is 0 Å². The van der Waals surface area contributed by atoms with Crippen molar-refractivity contribution in [2.24, 2.45) is 11.8 Å². The average molecular weight is 414 g/mol. The standard InChI is InChI=1S/C23H26O7/c1-11-13-6-12-7-15(24-2)20(25-3)22(26-4)17(12)18-14(19(11)28-9-13)8-16-21(23(18)27-5)30-10-29-16/h7-8,11,13,19H,6,9-10H2,1-5H3/t11-,13+,19-/m1/s1. The summed E-state index contributed by atoms with van der Waals surface area (Å²) < 4.78 is 40.9. The van der Waals surface area contributed by atoms with E-state index in [9.17, 15) is 0 Å². The van der Waals surface area contributed by atoms with Crippen molar-refractivity contribution >= 4 is 0 Å². The van der Waals surface area contributed by atoms with Crippen LogP contribution in [0.2, 0.25) is 0 Å². The molecule has 2 bridgehead atoms. The molecule has 1 aliphatic carbocycles. The molecule has 1 saturated heterocycles. The normalized spacial score (nSPS) is 23.2. The minimum absolute atomic E-state index is 0.0700. The van der Waals surface area contributed by atoms with E-state index in [4.69, 9.17) is 33.2 Å². The molecule has 2 aliphatic heterocycles. The number of rotatable bonds is 4. The zero-order valence-electron chi connectivity index (χ0n) is 17.9. The Morgan fingerprint density at radius 3 is 2.33 bits per heavy atom. The molecule has 0 unspecified atom stereocenters. The third-order valence-electron chi connectivity index (χ3n) is 6.52. The van der Waals surface area contributed by atoms with Gasteiger partial charge in [-0.2, -0.15) is 0 Å². The summed E-state index contributed by atoms with van der Waals surface area (Å²) in [7, 11) is 6.53.